The van der Waals surface area contributed by atoms with Gasteiger partial charge >= 0.3 is 87.4 Å². The van der Waals surface area contributed by atoms with Crippen LogP contribution < -0.4 is 0 Å². The highest BCUT2D eigenvalue weighted by atomic mass is 32.2. The first-order valence-electron chi connectivity index (χ1n) is 43.3. The van der Waals surface area contributed by atoms with Crippen molar-refractivity contribution in [3.8, 4) is 0 Å². The Morgan fingerprint density at radius 3 is 1.06 bits per heavy atom. The highest BCUT2D eigenvalue weighted by Crippen LogP contribution is 2.69. The third kappa shape index (κ3) is 15.3. The first-order chi connectivity index (χ1) is 58.9. The molecule has 0 aromatic rings. The lowest BCUT2D eigenvalue weighted by molar-refractivity contribution is -0.189. The van der Waals surface area contributed by atoms with Gasteiger partial charge in [0.05, 0.1) is 38.5 Å². The van der Waals surface area contributed by atoms with E-state index in [0.29, 0.717) is 80.5 Å². The molecule has 18 aliphatic rings. The molecular formula is C81H99F6O36S3-3. The van der Waals surface area contributed by atoms with Crippen LogP contribution in [0.3, 0.4) is 0 Å². The monoisotopic (exact) mass is 1860 g/mol. The molecule has 9 aliphatic carbocycles. The fraction of sp³-hybridized carbons (Fsp3) is 0.852. The van der Waals surface area contributed by atoms with E-state index in [0.717, 1.165) is 57.8 Å². The first kappa shape index (κ1) is 92.1. The van der Waals surface area contributed by atoms with Gasteiger partial charge < -0.3 is 84.7 Å². The molecule has 0 amide bonds. The van der Waals surface area contributed by atoms with Crippen molar-refractivity contribution in [1.29, 1.82) is 0 Å². The molecule has 702 valence electrons. The second-order valence-corrected chi connectivity index (χ2v) is 42.5. The Bertz CT molecular complexity index is 4800. The lowest BCUT2D eigenvalue weighted by Crippen LogP contribution is -2.53. The molecule has 36 nitrogen and oxygen atoms in total. The van der Waals surface area contributed by atoms with Gasteiger partial charge in [-0.3, -0.25) is 57.5 Å². The number of carbonyl (C=O) groups excluding carboxylic acids is 12. The number of esters is 12. The topological polar surface area (TPSA) is 515 Å². The largest absolute Gasteiger partial charge is 0.743 e. The van der Waals surface area contributed by atoms with E-state index in [1.165, 1.54) is 38.5 Å². The maximum Gasteiger partial charge on any atom is 0.369 e. The van der Waals surface area contributed by atoms with Crippen LogP contribution in [0.5, 0.6) is 0 Å². The van der Waals surface area contributed by atoms with Gasteiger partial charge in [0.2, 0.25) is 0 Å². The molecule has 0 spiro atoms. The molecule has 126 heavy (non-hydrogen) atoms. The van der Waals surface area contributed by atoms with Crippen molar-refractivity contribution in [2.24, 2.45) is 112 Å². The molecule has 0 radical (unpaired) electrons. The maximum atomic E-state index is 13.9. The zero-order valence-electron chi connectivity index (χ0n) is 69.4. The average Bonchev–Trinajstić information content (AvgIpc) is 1.54. The van der Waals surface area contributed by atoms with E-state index in [1.54, 1.807) is 0 Å². The van der Waals surface area contributed by atoms with Crippen LogP contribution in [0.25, 0.3) is 0 Å². The highest BCUT2D eigenvalue weighted by molar-refractivity contribution is 7.87. The summed E-state index contributed by atoms with van der Waals surface area (Å²) in [7, 11) is -18.3. The molecule has 18 rings (SSSR count). The van der Waals surface area contributed by atoms with Crippen molar-refractivity contribution in [1.82, 2.24) is 0 Å². The number of halogens is 6. The third-order valence-corrected chi connectivity index (χ3v) is 34.6. The number of ether oxygens (including phenoxy) is 15. The predicted molar refractivity (Wildman–Crippen MR) is 393 cm³/mol. The summed E-state index contributed by atoms with van der Waals surface area (Å²) in [5.74, 6) is -10.5. The Morgan fingerprint density at radius 1 is 0.405 bits per heavy atom. The normalized spacial score (nSPS) is 41.9. The minimum atomic E-state index is -6.09. The van der Waals surface area contributed by atoms with Gasteiger partial charge in [-0.05, 0) is 170 Å². The molecule has 0 aromatic heterocycles. The summed E-state index contributed by atoms with van der Waals surface area (Å²) < 4.78 is 260. The summed E-state index contributed by atoms with van der Waals surface area (Å²) >= 11 is 0. The Balaban J connectivity index is 0.000000139. The van der Waals surface area contributed by atoms with Gasteiger partial charge in [-0.1, -0.05) is 40.0 Å². The number of carbonyl (C=O) groups is 12. The molecule has 0 aromatic carbocycles. The van der Waals surface area contributed by atoms with Gasteiger partial charge in [-0.2, -0.15) is 26.3 Å². The molecule has 45 heteroatoms. The number of hydrogen-bond donors (Lipinski definition) is 0. The smallest absolute Gasteiger partial charge is 0.369 e. The van der Waals surface area contributed by atoms with Crippen LogP contribution in [0.1, 0.15) is 190 Å². The fourth-order valence-electron chi connectivity index (χ4n) is 26.2. The molecule has 0 N–H and O–H groups in total. The summed E-state index contributed by atoms with van der Waals surface area (Å²) in [6.07, 6.45) is -7.14. The summed E-state index contributed by atoms with van der Waals surface area (Å²) in [6.45, 7) is 9.66. The van der Waals surface area contributed by atoms with Crippen molar-refractivity contribution in [2.45, 2.75) is 314 Å². The SMILES string of the molecule is CC(C)C1(OC(=O)C2C3OC4C(OC(=O)C42)C3OC(=O)CCC(=O)OC(C)C(F)(F)S(=O)(=O)[O-])CC2CC1C1CCCC21.CC(OC(=O)CCC(=O)OC1C2OC(=O)C3C2OC1C3C(=O)OC1(C)CC2CC1C1CCCC21)C(F)(F)S(=O)(=O)[O-].CCC1(OC(=O)C2C3OC4C(OC(=O)C42)C3OC(=O)CCC(=O)OC(C)C(F)(F)S(=O)(=O)[O-])CC2CC1C1CCCC21. The van der Waals surface area contributed by atoms with Crippen molar-refractivity contribution in [3.05, 3.63) is 0 Å². The number of alkyl halides is 6. The lowest BCUT2D eigenvalue weighted by atomic mass is 9.68. The van der Waals surface area contributed by atoms with Crippen LogP contribution in [0, 0.1) is 112 Å². The van der Waals surface area contributed by atoms with Crippen molar-refractivity contribution < 1.29 is 194 Å². The van der Waals surface area contributed by atoms with Gasteiger partial charge in [0.15, 0.2) is 85.3 Å². The van der Waals surface area contributed by atoms with Crippen LogP contribution in [-0.2, 0) is 159 Å². The van der Waals surface area contributed by atoms with Gasteiger partial charge in [-0.15, -0.1) is 0 Å². The van der Waals surface area contributed by atoms with Crippen molar-refractivity contribution in [3.63, 3.8) is 0 Å². The van der Waals surface area contributed by atoms with Crippen LogP contribution >= 0.6 is 0 Å². The van der Waals surface area contributed by atoms with E-state index >= 15 is 0 Å². The second kappa shape index (κ2) is 32.7. The quantitative estimate of drug-likeness (QED) is 0.0393. The van der Waals surface area contributed by atoms with E-state index < -0.39 is 300 Å². The van der Waals surface area contributed by atoms with Crippen LogP contribution in [-0.4, -0.2) is 235 Å². The van der Waals surface area contributed by atoms with Gasteiger partial charge in [0, 0.05) is 17.8 Å². The van der Waals surface area contributed by atoms with Gasteiger partial charge in [-0.25, -0.2) is 25.3 Å². The molecule has 12 bridgehead atoms. The minimum absolute atomic E-state index is 0.0561. The van der Waals surface area contributed by atoms with E-state index in [1.807, 2.05) is 27.7 Å². The molecule has 9 aliphatic heterocycles. The zero-order chi connectivity index (χ0) is 91.2. The molecule has 18 fully saturated rings. The number of rotatable bonds is 29. The average molecular weight is 1860 g/mol. The van der Waals surface area contributed by atoms with Crippen molar-refractivity contribution >= 4 is 102 Å². The van der Waals surface area contributed by atoms with Crippen molar-refractivity contribution in [2.75, 3.05) is 0 Å². The summed E-state index contributed by atoms with van der Waals surface area (Å²) in [5.41, 5.74) is -1.91. The van der Waals surface area contributed by atoms with E-state index in [2.05, 4.69) is 14.2 Å². The van der Waals surface area contributed by atoms with Crippen LogP contribution in [0.15, 0.2) is 0 Å². The summed E-state index contributed by atoms with van der Waals surface area (Å²) in [4.78, 5) is 153. The Morgan fingerprint density at radius 2 is 0.706 bits per heavy atom. The van der Waals surface area contributed by atoms with E-state index in [9.17, 15) is 123 Å². The number of fused-ring (bicyclic) bond motifs is 18. The highest BCUT2D eigenvalue weighted by Gasteiger charge is 2.77. The minimum Gasteiger partial charge on any atom is -0.743 e. The van der Waals surface area contributed by atoms with E-state index in [4.69, 9.17) is 56.8 Å². The Labute approximate surface area is 718 Å². The van der Waals surface area contributed by atoms with Crippen LogP contribution in [0.2, 0.25) is 0 Å². The Hall–Kier alpha value is -7.17. The standard InChI is InChI=1S/C28H36F2O12S.C27H34F2O12S.C26H32F2O12S/c1-11(2)27(10-13-9-16(27)15-6-4-5-14(13)15)42-26(34)20-19-21-24(41-25(19)33)23(22(20)40-21)39-18(32)8-7-17(31)38-12(3)28(29,30)43(35,36)37;1-3-26(10-12-9-15(26)14-6-4-5-13(12)14)41-25(33)19-18-20-23(40-24(18)32)22(21(19)39-20)38-17(31)8-7-16(30)37-11(2)27(28,29)42(34,35)36;1-10(26(27,28)41(33,34)35)36-15(29)6-7-16(30)37-21-20-18(17-19(38-20)22(21)39-23(17)31)24(32)40-25(2)9-11-8-14(25)13-5-3-4-12(11)13/h11-16,19-24H,4-10H2,1-3H3,(H,35,36,37);11-15,18-23H,3-10H2,1-2H3,(H,34,35,36);10-14,17-22H,3-9H2,1-2H3,(H,33,34,35)/p-3. The van der Waals surface area contributed by atoms with E-state index in [-0.39, 0.29) is 23.7 Å². The molecule has 36 unspecified atom stereocenters. The molecule has 9 heterocycles. The Kier molecular flexibility index (Phi) is 23.9. The summed E-state index contributed by atoms with van der Waals surface area (Å²) in [5, 5.41) is -14.6. The summed E-state index contributed by atoms with van der Waals surface area (Å²) in [6, 6.07) is 0. The predicted octanol–water partition coefficient (Wildman–Crippen LogP) is 5.36. The fourth-order valence-corrected chi connectivity index (χ4v) is 27.6. The molecule has 36 atom stereocenters. The van der Waals surface area contributed by atoms with Crippen LogP contribution in [0.4, 0.5) is 26.3 Å². The molecular weight excluding hydrogens is 1760 g/mol. The maximum absolute atomic E-state index is 13.9. The zero-order valence-corrected chi connectivity index (χ0v) is 71.8. The first-order valence-corrected chi connectivity index (χ1v) is 47.5. The number of hydrogen-bond acceptors (Lipinski definition) is 36. The third-order valence-electron chi connectivity index (χ3n) is 31.6. The molecule has 9 saturated carbocycles. The molecule has 9 saturated heterocycles. The second-order valence-electron chi connectivity index (χ2n) is 38.2. The lowest BCUT2D eigenvalue weighted by Gasteiger charge is -2.46. The van der Waals surface area contributed by atoms with Gasteiger partial charge in [0.1, 0.15) is 88.9 Å². The van der Waals surface area contributed by atoms with Gasteiger partial charge in [0.25, 0.3) is 0 Å².